The molecule has 1 unspecified atom stereocenters. The lowest BCUT2D eigenvalue weighted by Crippen LogP contribution is -2.00. The molecule has 0 heterocycles. The Morgan fingerprint density at radius 1 is 1.11 bits per heavy atom. The number of benzene rings is 2. The summed E-state index contributed by atoms with van der Waals surface area (Å²) in [5, 5.41) is 10.7. The van der Waals surface area contributed by atoms with Crippen LogP contribution in [0.15, 0.2) is 42.5 Å². The Bertz CT molecular complexity index is 540. The number of hydrogen-bond donors (Lipinski definition) is 1. The molecule has 2 rings (SSSR count). The van der Waals surface area contributed by atoms with E-state index in [-0.39, 0.29) is 5.75 Å². The zero-order valence-corrected chi connectivity index (χ0v) is 10.5. The summed E-state index contributed by atoms with van der Waals surface area (Å²) in [4.78, 5) is 0. The van der Waals surface area contributed by atoms with Gasteiger partial charge < -0.3 is 9.84 Å². The van der Waals surface area contributed by atoms with Crippen LogP contribution in [0.25, 0.3) is 0 Å². The molecule has 2 aromatic carbocycles. The van der Waals surface area contributed by atoms with Crippen LogP contribution in [0.4, 0.5) is 4.39 Å². The summed E-state index contributed by atoms with van der Waals surface area (Å²) in [6.07, 6.45) is -0.886. The summed E-state index contributed by atoms with van der Waals surface area (Å²) in [5.74, 6) is -0.343. The standard InChI is InChI=1S/C14H12ClFO2/c1-18-13-7-4-10(8-12(13)16)14(17)9-2-5-11(15)6-3-9/h2-8,14,17H,1H3. The van der Waals surface area contributed by atoms with E-state index >= 15 is 0 Å². The van der Waals surface area contributed by atoms with E-state index in [9.17, 15) is 9.50 Å². The molecule has 0 spiro atoms. The molecule has 0 radical (unpaired) electrons. The summed E-state index contributed by atoms with van der Waals surface area (Å²) in [6.45, 7) is 0. The molecular weight excluding hydrogens is 255 g/mol. The molecule has 0 fully saturated rings. The Labute approximate surface area is 110 Å². The molecule has 0 bridgehead atoms. The van der Waals surface area contributed by atoms with Gasteiger partial charge in [-0.25, -0.2) is 4.39 Å². The Kier molecular flexibility index (Phi) is 3.84. The molecule has 1 N–H and O–H groups in total. The van der Waals surface area contributed by atoms with Crippen molar-refractivity contribution >= 4 is 11.6 Å². The van der Waals surface area contributed by atoms with Crippen molar-refractivity contribution < 1.29 is 14.2 Å². The van der Waals surface area contributed by atoms with E-state index in [1.165, 1.54) is 19.2 Å². The minimum absolute atomic E-state index is 0.155. The molecule has 1 atom stereocenters. The van der Waals surface area contributed by atoms with Crippen LogP contribution in [-0.4, -0.2) is 12.2 Å². The van der Waals surface area contributed by atoms with Gasteiger partial charge in [-0.1, -0.05) is 29.8 Å². The van der Waals surface area contributed by atoms with Gasteiger partial charge in [0.25, 0.3) is 0 Å². The summed E-state index contributed by atoms with van der Waals surface area (Å²) in [7, 11) is 1.40. The maximum absolute atomic E-state index is 13.5. The predicted molar refractivity (Wildman–Crippen MR) is 68.5 cm³/mol. The Morgan fingerprint density at radius 3 is 2.28 bits per heavy atom. The number of aliphatic hydroxyl groups is 1. The second kappa shape index (κ2) is 5.38. The quantitative estimate of drug-likeness (QED) is 0.920. The average Bonchev–Trinajstić information content (AvgIpc) is 2.38. The second-order valence-corrected chi connectivity index (χ2v) is 4.28. The van der Waals surface area contributed by atoms with Crippen LogP contribution in [0.3, 0.4) is 0 Å². The fourth-order valence-corrected chi connectivity index (χ4v) is 1.82. The molecule has 18 heavy (non-hydrogen) atoms. The molecule has 0 aromatic heterocycles. The van der Waals surface area contributed by atoms with Crippen molar-refractivity contribution in [3.8, 4) is 5.75 Å². The van der Waals surface area contributed by atoms with Gasteiger partial charge in [0, 0.05) is 5.02 Å². The SMILES string of the molecule is COc1ccc(C(O)c2ccc(Cl)cc2)cc1F. The van der Waals surface area contributed by atoms with E-state index in [1.807, 2.05) is 0 Å². The number of aliphatic hydroxyl groups excluding tert-OH is 1. The van der Waals surface area contributed by atoms with Gasteiger partial charge in [-0.3, -0.25) is 0 Å². The van der Waals surface area contributed by atoms with Gasteiger partial charge in [-0.05, 0) is 35.4 Å². The number of methoxy groups -OCH3 is 1. The van der Waals surface area contributed by atoms with Crippen molar-refractivity contribution in [1.29, 1.82) is 0 Å². The van der Waals surface area contributed by atoms with Crippen molar-refractivity contribution in [3.63, 3.8) is 0 Å². The Hall–Kier alpha value is -1.58. The third kappa shape index (κ3) is 2.63. The van der Waals surface area contributed by atoms with E-state index in [2.05, 4.69) is 0 Å². The van der Waals surface area contributed by atoms with Crippen molar-refractivity contribution in [3.05, 3.63) is 64.4 Å². The minimum atomic E-state index is -0.886. The summed E-state index contributed by atoms with van der Waals surface area (Å²) in [6, 6.07) is 11.1. The number of halogens is 2. The maximum Gasteiger partial charge on any atom is 0.165 e. The van der Waals surface area contributed by atoms with E-state index in [4.69, 9.17) is 16.3 Å². The number of ether oxygens (including phenoxy) is 1. The molecule has 0 amide bonds. The van der Waals surface area contributed by atoms with Gasteiger partial charge in [-0.15, -0.1) is 0 Å². The zero-order valence-electron chi connectivity index (χ0n) is 9.73. The van der Waals surface area contributed by atoms with Crippen LogP contribution in [0, 0.1) is 5.82 Å². The third-order valence-corrected chi connectivity index (χ3v) is 2.93. The van der Waals surface area contributed by atoms with Crippen LogP contribution in [0.1, 0.15) is 17.2 Å². The van der Waals surface area contributed by atoms with Crippen LogP contribution >= 0.6 is 11.6 Å². The lowest BCUT2D eigenvalue weighted by molar-refractivity contribution is 0.219. The van der Waals surface area contributed by atoms with Gasteiger partial charge in [0.15, 0.2) is 11.6 Å². The highest BCUT2D eigenvalue weighted by molar-refractivity contribution is 6.30. The monoisotopic (exact) mass is 266 g/mol. The van der Waals surface area contributed by atoms with Gasteiger partial charge in [-0.2, -0.15) is 0 Å². The molecule has 0 aliphatic carbocycles. The molecule has 0 aliphatic rings. The van der Waals surface area contributed by atoms with Gasteiger partial charge >= 0.3 is 0 Å². The van der Waals surface area contributed by atoms with Gasteiger partial charge in [0.05, 0.1) is 7.11 Å². The summed E-state index contributed by atoms with van der Waals surface area (Å²) < 4.78 is 18.4. The highest BCUT2D eigenvalue weighted by atomic mass is 35.5. The maximum atomic E-state index is 13.5. The first kappa shape index (κ1) is 12.9. The normalized spacial score (nSPS) is 12.2. The highest BCUT2D eigenvalue weighted by Crippen LogP contribution is 2.26. The van der Waals surface area contributed by atoms with Crippen LogP contribution in [0.5, 0.6) is 5.75 Å². The number of rotatable bonds is 3. The van der Waals surface area contributed by atoms with Crippen molar-refractivity contribution in [2.75, 3.05) is 7.11 Å². The topological polar surface area (TPSA) is 29.5 Å². The molecule has 0 saturated carbocycles. The average molecular weight is 267 g/mol. The minimum Gasteiger partial charge on any atom is -0.494 e. The third-order valence-electron chi connectivity index (χ3n) is 2.68. The van der Waals surface area contributed by atoms with Crippen LogP contribution in [-0.2, 0) is 0 Å². The van der Waals surface area contributed by atoms with E-state index in [0.29, 0.717) is 16.1 Å². The highest BCUT2D eigenvalue weighted by Gasteiger charge is 2.13. The summed E-state index contributed by atoms with van der Waals surface area (Å²) in [5.41, 5.74) is 1.12. The smallest absolute Gasteiger partial charge is 0.165 e. The Morgan fingerprint density at radius 2 is 1.72 bits per heavy atom. The van der Waals surface area contributed by atoms with Gasteiger partial charge in [0.1, 0.15) is 6.10 Å². The molecule has 0 aliphatic heterocycles. The van der Waals surface area contributed by atoms with Crippen LogP contribution in [0.2, 0.25) is 5.02 Å². The first-order valence-corrected chi connectivity index (χ1v) is 5.76. The van der Waals surface area contributed by atoms with Gasteiger partial charge in [0.2, 0.25) is 0 Å². The van der Waals surface area contributed by atoms with E-state index in [0.717, 1.165) is 0 Å². The number of hydrogen-bond acceptors (Lipinski definition) is 2. The molecule has 2 aromatic rings. The molecule has 94 valence electrons. The molecule has 0 saturated heterocycles. The van der Waals surface area contributed by atoms with Crippen LogP contribution < -0.4 is 4.74 Å². The molecular formula is C14H12ClFO2. The Balaban J connectivity index is 2.31. The molecule has 4 heteroatoms. The van der Waals surface area contributed by atoms with Crippen molar-refractivity contribution in [2.24, 2.45) is 0 Å². The first-order chi connectivity index (χ1) is 8.61. The van der Waals surface area contributed by atoms with Crippen molar-refractivity contribution in [2.45, 2.75) is 6.10 Å². The largest absolute Gasteiger partial charge is 0.494 e. The fourth-order valence-electron chi connectivity index (χ4n) is 1.69. The fraction of sp³-hybridized carbons (Fsp3) is 0.143. The molecule has 2 nitrogen and oxygen atoms in total. The zero-order chi connectivity index (χ0) is 13.1. The van der Waals surface area contributed by atoms with Crippen molar-refractivity contribution in [1.82, 2.24) is 0 Å². The van der Waals surface area contributed by atoms with E-state index < -0.39 is 11.9 Å². The lowest BCUT2D eigenvalue weighted by atomic mass is 10.0. The predicted octanol–water partition coefficient (Wildman–Crippen LogP) is 3.57. The van der Waals surface area contributed by atoms with E-state index in [1.54, 1.807) is 30.3 Å². The lowest BCUT2D eigenvalue weighted by Gasteiger charge is -2.12. The first-order valence-electron chi connectivity index (χ1n) is 5.39. The second-order valence-electron chi connectivity index (χ2n) is 3.85. The summed E-state index contributed by atoms with van der Waals surface area (Å²) >= 11 is 5.77.